The summed E-state index contributed by atoms with van der Waals surface area (Å²) in [6, 6.07) is 15.8. The fourth-order valence-electron chi connectivity index (χ4n) is 4.68. The van der Waals surface area contributed by atoms with Gasteiger partial charge in [0.05, 0.1) is 23.6 Å². The molecule has 2 saturated heterocycles. The fourth-order valence-corrected chi connectivity index (χ4v) is 5.31. The Balaban J connectivity index is 1.35. The third-order valence-corrected chi connectivity index (χ3v) is 7.55. The van der Waals surface area contributed by atoms with Crippen LogP contribution in [0.3, 0.4) is 0 Å². The van der Waals surface area contributed by atoms with Crippen molar-refractivity contribution in [2.75, 3.05) is 19.4 Å². The van der Waals surface area contributed by atoms with Crippen LogP contribution in [0.2, 0.25) is 0 Å². The van der Waals surface area contributed by atoms with Crippen LogP contribution >= 0.6 is 0 Å². The van der Waals surface area contributed by atoms with Crippen LogP contribution in [0.1, 0.15) is 16.8 Å². The number of rotatable bonds is 4. The van der Waals surface area contributed by atoms with Gasteiger partial charge < -0.3 is 14.1 Å². The maximum absolute atomic E-state index is 13.1. The smallest absolute Gasteiger partial charge is 0.254 e. The average molecular weight is 476 g/mol. The summed E-state index contributed by atoms with van der Waals surface area (Å²) in [5.74, 6) is 0.547. The number of hydrogen-bond acceptors (Lipinski definition) is 7. The largest absolute Gasteiger partial charge is 0.452 e. The Morgan fingerprint density at radius 3 is 2.59 bits per heavy atom. The maximum Gasteiger partial charge on any atom is 0.254 e. The number of ether oxygens (including phenoxy) is 1. The Hall–Kier alpha value is -3.56. The highest BCUT2D eigenvalue weighted by molar-refractivity contribution is 7.90. The number of likely N-dealkylation sites (tertiary alicyclic amines) is 1. The van der Waals surface area contributed by atoms with Crippen molar-refractivity contribution in [3.05, 3.63) is 66.5 Å². The number of fused-ring (bicyclic) bond motifs is 3. The molecule has 172 valence electrons. The molecule has 2 fully saturated rings. The summed E-state index contributed by atoms with van der Waals surface area (Å²) in [4.78, 5) is 24.0. The molecule has 2 aliphatic heterocycles. The van der Waals surface area contributed by atoms with Crippen LogP contribution in [0.4, 0.5) is 0 Å². The van der Waals surface area contributed by atoms with E-state index in [0.717, 1.165) is 17.5 Å². The number of morpholine rings is 1. The zero-order valence-electron chi connectivity index (χ0n) is 18.3. The number of nitrogens with zero attached hydrogens (tertiary/aromatic N) is 3. The fraction of sp³-hybridized carbons (Fsp3) is 0.240. The molecule has 0 unspecified atom stereocenters. The quantitative estimate of drug-likeness (QED) is 0.445. The van der Waals surface area contributed by atoms with E-state index >= 15 is 0 Å². The van der Waals surface area contributed by atoms with E-state index in [4.69, 9.17) is 9.15 Å². The van der Waals surface area contributed by atoms with Gasteiger partial charge in [-0.1, -0.05) is 12.1 Å². The molecule has 0 saturated carbocycles. The summed E-state index contributed by atoms with van der Waals surface area (Å²) in [6.07, 6.45) is 3.69. The van der Waals surface area contributed by atoms with E-state index in [-0.39, 0.29) is 22.9 Å². The first kappa shape index (κ1) is 21.0. The van der Waals surface area contributed by atoms with Crippen LogP contribution in [0.15, 0.2) is 70.2 Å². The van der Waals surface area contributed by atoms with Crippen molar-refractivity contribution >= 4 is 26.8 Å². The molecule has 0 N–H and O–H groups in total. The molecule has 0 aliphatic carbocycles. The van der Waals surface area contributed by atoms with E-state index < -0.39 is 9.84 Å². The molecule has 1 amide bonds. The van der Waals surface area contributed by atoms with Crippen molar-refractivity contribution in [3.63, 3.8) is 0 Å². The van der Waals surface area contributed by atoms with E-state index in [1.807, 2.05) is 29.2 Å². The van der Waals surface area contributed by atoms with Gasteiger partial charge in [0.25, 0.3) is 5.91 Å². The van der Waals surface area contributed by atoms with E-state index in [9.17, 15) is 13.2 Å². The number of benzene rings is 2. The zero-order chi connectivity index (χ0) is 23.4. The van der Waals surface area contributed by atoms with Crippen LogP contribution in [0.5, 0.6) is 0 Å². The predicted molar refractivity (Wildman–Crippen MR) is 125 cm³/mol. The van der Waals surface area contributed by atoms with Crippen molar-refractivity contribution in [2.45, 2.75) is 23.5 Å². The molecule has 4 aromatic rings. The Bertz CT molecular complexity index is 1530. The van der Waals surface area contributed by atoms with Crippen molar-refractivity contribution < 1.29 is 22.4 Å². The molecule has 34 heavy (non-hydrogen) atoms. The van der Waals surface area contributed by atoms with E-state index in [1.165, 1.54) is 12.6 Å². The number of amides is 1. The topological polar surface area (TPSA) is 103 Å². The molecule has 4 heterocycles. The lowest BCUT2D eigenvalue weighted by molar-refractivity contribution is 0.0259. The SMILES string of the molecule is CS(=O)(=O)c1ccc(-c2cc3ncnc(-c4cccc(C(=O)N5C[C@H]6C[C@@H]5CO6)c4)c3o2)cc1. The van der Waals surface area contributed by atoms with Gasteiger partial charge in [-0.25, -0.2) is 18.4 Å². The number of hydrogen-bond donors (Lipinski definition) is 0. The van der Waals surface area contributed by atoms with Gasteiger partial charge in [-0.15, -0.1) is 0 Å². The minimum atomic E-state index is -3.28. The molecule has 2 aromatic carbocycles. The van der Waals surface area contributed by atoms with Crippen molar-refractivity contribution in [3.8, 4) is 22.6 Å². The minimum Gasteiger partial charge on any atom is -0.452 e. The number of sulfone groups is 1. The first-order valence-electron chi connectivity index (χ1n) is 10.9. The predicted octanol–water partition coefficient (Wildman–Crippen LogP) is 3.57. The van der Waals surface area contributed by atoms with Crippen LogP contribution in [0, 0.1) is 0 Å². The van der Waals surface area contributed by atoms with Gasteiger partial charge in [-0.2, -0.15) is 0 Å². The Labute approximate surface area is 196 Å². The van der Waals surface area contributed by atoms with Gasteiger partial charge >= 0.3 is 0 Å². The first-order chi connectivity index (χ1) is 16.4. The second-order valence-electron chi connectivity index (χ2n) is 8.73. The first-order valence-corrected chi connectivity index (χ1v) is 12.8. The average Bonchev–Trinajstić information content (AvgIpc) is 3.58. The highest BCUT2D eigenvalue weighted by Gasteiger charge is 2.41. The minimum absolute atomic E-state index is 0.00551. The normalized spacial score (nSPS) is 19.7. The lowest BCUT2D eigenvalue weighted by Crippen LogP contribution is -2.41. The highest BCUT2D eigenvalue weighted by atomic mass is 32.2. The second-order valence-corrected chi connectivity index (χ2v) is 10.7. The Morgan fingerprint density at radius 1 is 1.06 bits per heavy atom. The third kappa shape index (κ3) is 3.57. The van der Waals surface area contributed by atoms with Gasteiger partial charge in [0.2, 0.25) is 0 Å². The molecule has 6 rings (SSSR count). The molecule has 2 aliphatic rings. The van der Waals surface area contributed by atoms with Crippen molar-refractivity contribution in [1.82, 2.24) is 14.9 Å². The number of carbonyl (C=O) groups is 1. The van der Waals surface area contributed by atoms with Crippen LogP contribution in [-0.4, -0.2) is 60.7 Å². The third-order valence-electron chi connectivity index (χ3n) is 6.42. The summed E-state index contributed by atoms with van der Waals surface area (Å²) >= 11 is 0. The molecule has 9 heteroatoms. The molecule has 2 atom stereocenters. The van der Waals surface area contributed by atoms with Gasteiger partial charge in [-0.05, 0) is 42.8 Å². The molecule has 8 nitrogen and oxygen atoms in total. The van der Waals surface area contributed by atoms with E-state index in [1.54, 1.807) is 30.3 Å². The van der Waals surface area contributed by atoms with Crippen LogP contribution < -0.4 is 0 Å². The lowest BCUT2D eigenvalue weighted by atomic mass is 10.1. The molecule has 2 aromatic heterocycles. The molecular formula is C25H21N3O5S. The summed E-state index contributed by atoms with van der Waals surface area (Å²) in [5, 5.41) is 0. The highest BCUT2D eigenvalue weighted by Crippen LogP contribution is 2.34. The van der Waals surface area contributed by atoms with Crippen molar-refractivity contribution in [2.24, 2.45) is 0 Å². The second kappa shape index (κ2) is 7.75. The summed E-state index contributed by atoms with van der Waals surface area (Å²) in [6.45, 7) is 1.23. The van der Waals surface area contributed by atoms with Crippen molar-refractivity contribution in [1.29, 1.82) is 0 Å². The Morgan fingerprint density at radius 2 is 1.88 bits per heavy atom. The lowest BCUT2D eigenvalue weighted by Gasteiger charge is -2.27. The molecule has 2 bridgehead atoms. The number of carbonyl (C=O) groups excluding carboxylic acids is 1. The van der Waals surface area contributed by atoms with Crippen LogP contribution in [-0.2, 0) is 14.6 Å². The summed E-state index contributed by atoms with van der Waals surface area (Å²) in [7, 11) is -3.28. The van der Waals surface area contributed by atoms with Gasteiger partial charge in [0.1, 0.15) is 23.3 Å². The van der Waals surface area contributed by atoms with Crippen LogP contribution in [0.25, 0.3) is 33.7 Å². The van der Waals surface area contributed by atoms with E-state index in [0.29, 0.717) is 41.3 Å². The van der Waals surface area contributed by atoms with Gasteiger partial charge in [0.15, 0.2) is 15.4 Å². The molecule has 0 spiro atoms. The Kier molecular flexibility index (Phi) is 4.79. The standard InChI is InChI=1S/C25H21N3O5S/c1-34(30,31)20-7-5-15(6-8-20)22-11-21-24(33-22)23(27-14-26-21)16-3-2-4-17(9-16)25(29)28-12-19-10-18(28)13-32-19/h2-9,11,14,18-19H,10,12-13H2,1H3/t18-,19-/m1/s1. The summed E-state index contributed by atoms with van der Waals surface area (Å²) in [5.41, 5.74) is 3.80. The van der Waals surface area contributed by atoms with E-state index in [2.05, 4.69) is 9.97 Å². The van der Waals surface area contributed by atoms with Gasteiger partial charge in [0, 0.05) is 35.6 Å². The summed E-state index contributed by atoms with van der Waals surface area (Å²) < 4.78 is 35.2. The monoisotopic (exact) mass is 475 g/mol. The molecular weight excluding hydrogens is 454 g/mol. The number of furan rings is 1. The maximum atomic E-state index is 13.1. The van der Waals surface area contributed by atoms with Gasteiger partial charge in [-0.3, -0.25) is 4.79 Å². The number of aromatic nitrogens is 2. The zero-order valence-corrected chi connectivity index (χ0v) is 19.2. The molecule has 0 radical (unpaired) electrons.